The average molecular weight is 517 g/mol. The summed E-state index contributed by atoms with van der Waals surface area (Å²) in [4.78, 5) is 32.3. The Labute approximate surface area is 208 Å². The third-order valence-electron chi connectivity index (χ3n) is 6.58. The maximum Gasteiger partial charge on any atom is 0.289 e. The molecule has 0 spiro atoms. The van der Waals surface area contributed by atoms with E-state index in [1.54, 1.807) is 29.4 Å². The van der Waals surface area contributed by atoms with Gasteiger partial charge in [-0.25, -0.2) is 18.9 Å². The fourth-order valence-electron chi connectivity index (χ4n) is 4.43. The molecule has 3 aromatic rings. The van der Waals surface area contributed by atoms with Crippen molar-refractivity contribution in [3.8, 4) is 10.4 Å². The zero-order chi connectivity index (χ0) is 25.2. The first kappa shape index (κ1) is 25.1. The standard InChI is InChI=1S/C24H28N4O5S2/c1-3-17-4-6-18(7-5-17)19-8-9-20(34-19)24(16-21(29)26-31)10-12-28(14-15-35(24,32)33)23(30)22-25-11-13-27(22)2/h4-9,11,13,31H,3,10,12,14-16H2,1-2H3,(H,26,29). The second-order valence-corrected chi connectivity index (χ2v) is 12.1. The summed E-state index contributed by atoms with van der Waals surface area (Å²) in [5, 5.41) is 9.23. The van der Waals surface area contributed by atoms with Gasteiger partial charge in [-0.15, -0.1) is 11.3 Å². The van der Waals surface area contributed by atoms with Crippen LogP contribution in [0.3, 0.4) is 0 Å². The highest BCUT2D eigenvalue weighted by Gasteiger charge is 2.50. The number of carbonyl (C=O) groups excluding carboxylic acids is 2. The zero-order valence-electron chi connectivity index (χ0n) is 19.6. The number of thiophene rings is 1. The van der Waals surface area contributed by atoms with Crippen LogP contribution in [-0.4, -0.2) is 58.7 Å². The van der Waals surface area contributed by atoms with E-state index < -0.39 is 26.9 Å². The third-order valence-corrected chi connectivity index (χ3v) is 10.5. The van der Waals surface area contributed by atoms with Gasteiger partial charge in [-0.3, -0.25) is 14.8 Å². The number of hydrogen-bond donors (Lipinski definition) is 2. The number of nitrogens with one attached hydrogen (secondary N) is 1. The molecule has 0 aliphatic carbocycles. The predicted octanol–water partition coefficient (Wildman–Crippen LogP) is 2.76. The van der Waals surface area contributed by atoms with Crippen molar-refractivity contribution >= 4 is 33.0 Å². The number of nitrogens with zero attached hydrogens (tertiary/aromatic N) is 3. The maximum atomic E-state index is 13.7. The number of aryl methyl sites for hydroxylation is 2. The molecule has 1 atom stereocenters. The molecule has 3 heterocycles. The van der Waals surface area contributed by atoms with E-state index in [1.807, 2.05) is 30.3 Å². The summed E-state index contributed by atoms with van der Waals surface area (Å²) in [5.41, 5.74) is 3.74. The lowest BCUT2D eigenvalue weighted by molar-refractivity contribution is -0.129. The molecule has 2 N–H and O–H groups in total. The quantitative estimate of drug-likeness (QED) is 0.384. The van der Waals surface area contributed by atoms with Crippen LogP contribution in [0.15, 0.2) is 48.8 Å². The maximum absolute atomic E-state index is 13.7. The van der Waals surface area contributed by atoms with Crippen molar-refractivity contribution in [3.05, 3.63) is 65.1 Å². The van der Waals surface area contributed by atoms with Gasteiger partial charge in [-0.2, -0.15) is 0 Å². The minimum atomic E-state index is -3.89. The van der Waals surface area contributed by atoms with Crippen molar-refractivity contribution in [3.63, 3.8) is 0 Å². The molecule has 186 valence electrons. The average Bonchev–Trinajstić information content (AvgIpc) is 3.49. The highest BCUT2D eigenvalue weighted by atomic mass is 32.2. The van der Waals surface area contributed by atoms with Crippen molar-refractivity contribution < 1.29 is 23.2 Å². The summed E-state index contributed by atoms with van der Waals surface area (Å²) >= 11 is 1.32. The molecular formula is C24H28N4O5S2. The smallest absolute Gasteiger partial charge is 0.289 e. The van der Waals surface area contributed by atoms with Gasteiger partial charge in [-0.1, -0.05) is 31.2 Å². The Morgan fingerprint density at radius 1 is 1.17 bits per heavy atom. The minimum Gasteiger partial charge on any atom is -0.335 e. The molecule has 2 aromatic heterocycles. The lowest BCUT2D eigenvalue weighted by atomic mass is 9.97. The first-order chi connectivity index (χ1) is 16.7. The number of rotatable bonds is 6. The fraction of sp³-hybridized carbons (Fsp3) is 0.375. The number of carbonyl (C=O) groups is 2. The lowest BCUT2D eigenvalue weighted by Crippen LogP contribution is -2.41. The molecule has 1 aliphatic rings. The van der Waals surface area contributed by atoms with Crippen LogP contribution in [0.4, 0.5) is 0 Å². The summed E-state index contributed by atoms with van der Waals surface area (Å²) in [5.74, 6) is -1.24. The van der Waals surface area contributed by atoms with Gasteiger partial charge in [0.05, 0.1) is 12.2 Å². The molecule has 0 radical (unpaired) electrons. The Bertz CT molecular complexity index is 1330. The van der Waals surface area contributed by atoms with Crippen LogP contribution >= 0.6 is 11.3 Å². The third kappa shape index (κ3) is 4.75. The van der Waals surface area contributed by atoms with Crippen molar-refractivity contribution in [1.82, 2.24) is 19.9 Å². The topological polar surface area (TPSA) is 122 Å². The SMILES string of the molecule is CCc1ccc(-c2ccc(C3(CC(=O)NO)CCN(C(=O)c4nccn4C)CCS3(=O)=O)s2)cc1. The van der Waals surface area contributed by atoms with Gasteiger partial charge in [0.25, 0.3) is 5.91 Å². The van der Waals surface area contributed by atoms with Crippen LogP contribution in [0.5, 0.6) is 0 Å². The van der Waals surface area contributed by atoms with E-state index in [0.717, 1.165) is 16.9 Å². The van der Waals surface area contributed by atoms with Gasteiger partial charge >= 0.3 is 0 Å². The van der Waals surface area contributed by atoms with E-state index >= 15 is 0 Å². The van der Waals surface area contributed by atoms with E-state index in [4.69, 9.17) is 0 Å². The van der Waals surface area contributed by atoms with Gasteiger partial charge in [-0.05, 0) is 36.1 Å². The van der Waals surface area contributed by atoms with Crippen LogP contribution in [0.25, 0.3) is 10.4 Å². The Kier molecular flexibility index (Phi) is 7.11. The van der Waals surface area contributed by atoms with E-state index in [2.05, 4.69) is 11.9 Å². The minimum absolute atomic E-state index is 0.00671. The molecule has 1 unspecified atom stereocenters. The highest BCUT2D eigenvalue weighted by molar-refractivity contribution is 7.92. The van der Waals surface area contributed by atoms with Gasteiger partial charge in [0.15, 0.2) is 15.7 Å². The summed E-state index contributed by atoms with van der Waals surface area (Å²) in [6.07, 6.45) is 3.66. The Balaban J connectivity index is 1.72. The summed E-state index contributed by atoms with van der Waals surface area (Å²) in [6.45, 7) is 2.20. The molecule has 1 aliphatic heterocycles. The molecule has 1 aromatic carbocycles. The van der Waals surface area contributed by atoms with E-state index in [-0.39, 0.29) is 37.0 Å². The van der Waals surface area contributed by atoms with Gasteiger partial charge in [0.1, 0.15) is 4.75 Å². The molecule has 35 heavy (non-hydrogen) atoms. The molecule has 1 fully saturated rings. The number of hydroxylamine groups is 1. The van der Waals surface area contributed by atoms with Crippen LogP contribution in [0.2, 0.25) is 0 Å². The van der Waals surface area contributed by atoms with E-state index in [0.29, 0.717) is 4.88 Å². The second-order valence-electron chi connectivity index (χ2n) is 8.64. The number of benzene rings is 1. The molecule has 11 heteroatoms. The zero-order valence-corrected chi connectivity index (χ0v) is 21.2. The Hall–Kier alpha value is -3.02. The van der Waals surface area contributed by atoms with Crippen LogP contribution in [-0.2, 0) is 32.8 Å². The molecule has 4 rings (SSSR count). The number of imidazole rings is 1. The van der Waals surface area contributed by atoms with Crippen LogP contribution in [0.1, 0.15) is 40.8 Å². The fourth-order valence-corrected chi connectivity index (χ4v) is 8.04. The molecular weight excluding hydrogens is 488 g/mol. The summed E-state index contributed by atoms with van der Waals surface area (Å²) in [6, 6.07) is 11.7. The molecule has 0 bridgehead atoms. The van der Waals surface area contributed by atoms with Crippen LogP contribution < -0.4 is 5.48 Å². The Morgan fingerprint density at radius 3 is 2.54 bits per heavy atom. The molecule has 9 nitrogen and oxygen atoms in total. The van der Waals surface area contributed by atoms with Crippen molar-refractivity contribution in [2.24, 2.45) is 7.05 Å². The lowest BCUT2D eigenvalue weighted by Gasteiger charge is -2.30. The second kappa shape index (κ2) is 9.92. The monoisotopic (exact) mass is 516 g/mol. The largest absolute Gasteiger partial charge is 0.335 e. The predicted molar refractivity (Wildman–Crippen MR) is 133 cm³/mol. The number of amides is 2. The normalized spacial score (nSPS) is 19.8. The van der Waals surface area contributed by atoms with Crippen LogP contribution in [0, 0.1) is 0 Å². The van der Waals surface area contributed by atoms with Crippen molar-refractivity contribution in [1.29, 1.82) is 0 Å². The summed E-state index contributed by atoms with van der Waals surface area (Å²) in [7, 11) is -2.19. The number of sulfone groups is 1. The van der Waals surface area contributed by atoms with Gasteiger partial charge < -0.3 is 9.47 Å². The molecule has 2 amide bonds. The summed E-state index contributed by atoms with van der Waals surface area (Å²) < 4.78 is 27.4. The van der Waals surface area contributed by atoms with Gasteiger partial charge in [0, 0.05) is 42.3 Å². The van der Waals surface area contributed by atoms with Crippen molar-refractivity contribution in [2.45, 2.75) is 30.9 Å². The van der Waals surface area contributed by atoms with E-state index in [1.165, 1.54) is 28.0 Å². The highest BCUT2D eigenvalue weighted by Crippen LogP contribution is 2.45. The molecule has 0 saturated carbocycles. The number of aromatic nitrogens is 2. The number of hydrogen-bond acceptors (Lipinski definition) is 7. The van der Waals surface area contributed by atoms with Gasteiger partial charge in [0.2, 0.25) is 5.91 Å². The van der Waals surface area contributed by atoms with Crippen molar-refractivity contribution in [2.75, 3.05) is 18.8 Å². The van der Waals surface area contributed by atoms with E-state index in [9.17, 15) is 23.2 Å². The first-order valence-electron chi connectivity index (χ1n) is 11.3. The molecule has 1 saturated heterocycles. The Morgan fingerprint density at radius 2 is 1.91 bits per heavy atom. The first-order valence-corrected chi connectivity index (χ1v) is 13.8.